The van der Waals surface area contributed by atoms with Gasteiger partial charge in [0.05, 0.1) is 47.4 Å². The van der Waals surface area contributed by atoms with E-state index >= 15 is 0 Å². The molecule has 2 aromatic carbocycles. The summed E-state index contributed by atoms with van der Waals surface area (Å²) in [5.41, 5.74) is 1.91. The van der Waals surface area contributed by atoms with Crippen LogP contribution < -0.4 is 9.64 Å². The van der Waals surface area contributed by atoms with Crippen molar-refractivity contribution in [3.63, 3.8) is 0 Å². The molecule has 2 unspecified atom stereocenters. The van der Waals surface area contributed by atoms with Crippen molar-refractivity contribution in [3.8, 4) is 11.9 Å². The van der Waals surface area contributed by atoms with Crippen LogP contribution in [-0.4, -0.2) is 76.3 Å². The highest BCUT2D eigenvalue weighted by molar-refractivity contribution is 5.85. The molecule has 1 N–H and O–H groups in total. The number of imidazole rings is 1. The minimum atomic E-state index is -0.570. The monoisotopic (exact) mass is 618 g/mol. The van der Waals surface area contributed by atoms with E-state index in [0.29, 0.717) is 36.3 Å². The average Bonchev–Trinajstić information content (AvgIpc) is 3.37. The molecule has 236 valence electrons. The zero-order chi connectivity index (χ0) is 31.9. The summed E-state index contributed by atoms with van der Waals surface area (Å²) in [6, 6.07) is 14.9. The number of anilines is 1. The first-order chi connectivity index (χ1) is 21.9. The number of benzene rings is 2. The van der Waals surface area contributed by atoms with Crippen LogP contribution in [0.25, 0.3) is 11.0 Å². The first kappa shape index (κ1) is 32.0. The van der Waals surface area contributed by atoms with E-state index in [9.17, 15) is 13.6 Å². The molecule has 2 aromatic heterocycles. The molecule has 2 fully saturated rings. The van der Waals surface area contributed by atoms with E-state index in [2.05, 4.69) is 26.3 Å². The topological polar surface area (TPSA) is 117 Å². The summed E-state index contributed by atoms with van der Waals surface area (Å²) >= 11 is 0. The zero-order valence-corrected chi connectivity index (χ0v) is 25.3. The molecule has 2 saturated heterocycles. The minimum absolute atomic E-state index is 0.00446. The van der Waals surface area contributed by atoms with E-state index in [1.807, 2.05) is 18.2 Å². The first-order valence-electron chi connectivity index (χ1n) is 14.9. The quantitative estimate of drug-likeness (QED) is 0.257. The lowest BCUT2D eigenvalue weighted by molar-refractivity contribution is -0.0592. The maximum absolute atomic E-state index is 14.4. The molecule has 0 aliphatic carbocycles. The number of nitrogens with zero attached hydrogens (tertiary/aromatic N) is 6. The Morgan fingerprint density at radius 1 is 1.13 bits per heavy atom. The number of hydrogen-bond acceptors (Lipinski definition) is 9. The lowest BCUT2D eigenvalue weighted by atomic mass is 10.1. The van der Waals surface area contributed by atoms with Crippen LogP contribution in [0.1, 0.15) is 47.1 Å². The Hall–Kier alpha value is -4.44. The van der Waals surface area contributed by atoms with Gasteiger partial charge in [0, 0.05) is 57.1 Å². The Labute approximate surface area is 260 Å². The number of aliphatic hydroxyl groups excluding tert-OH is 1. The number of fused-ring (bicyclic) bond motifs is 1. The largest absolute Gasteiger partial charge is 0.473 e. The van der Waals surface area contributed by atoms with Gasteiger partial charge in [-0.2, -0.15) is 10.2 Å². The Kier molecular flexibility index (Phi) is 10.3. The minimum Gasteiger partial charge on any atom is -0.473 e. The van der Waals surface area contributed by atoms with E-state index in [1.165, 1.54) is 12.1 Å². The summed E-state index contributed by atoms with van der Waals surface area (Å²) in [6.45, 7) is 6.31. The predicted molar refractivity (Wildman–Crippen MR) is 164 cm³/mol. The molecule has 0 bridgehead atoms. The summed E-state index contributed by atoms with van der Waals surface area (Å²) in [7, 11) is 1.00. The molecule has 2 aliphatic heterocycles. The predicted octanol–water partition coefficient (Wildman–Crippen LogP) is 4.47. The summed E-state index contributed by atoms with van der Waals surface area (Å²) < 4.78 is 42.3. The smallest absolute Gasteiger partial charge is 0.215 e. The van der Waals surface area contributed by atoms with Crippen LogP contribution in [-0.2, 0) is 24.4 Å². The number of aromatic nitrogens is 3. The number of carbonyl (C=O) groups excluding carboxylic acids is 1. The zero-order valence-electron chi connectivity index (χ0n) is 25.3. The number of ether oxygens (including phenoxy) is 2. The normalized spacial score (nSPS) is 18.1. The number of carbonyl (C=O) groups is 1. The van der Waals surface area contributed by atoms with Gasteiger partial charge in [0.25, 0.3) is 0 Å². The highest BCUT2D eigenvalue weighted by Crippen LogP contribution is 2.27. The molecule has 2 aliphatic rings. The highest BCUT2D eigenvalue weighted by atomic mass is 19.1. The second-order valence-electron chi connectivity index (χ2n) is 10.9. The van der Waals surface area contributed by atoms with E-state index in [1.54, 1.807) is 24.3 Å². The van der Waals surface area contributed by atoms with E-state index in [4.69, 9.17) is 24.8 Å². The van der Waals surface area contributed by atoms with Crippen LogP contribution in [0.5, 0.6) is 5.88 Å². The lowest BCUT2D eigenvalue weighted by Gasteiger charge is -2.41. The third-order valence-corrected chi connectivity index (χ3v) is 8.26. The van der Waals surface area contributed by atoms with Gasteiger partial charge in [0.15, 0.2) is 6.29 Å². The molecular formula is C33H36F2N6O4. The van der Waals surface area contributed by atoms with Gasteiger partial charge in [-0.3, -0.25) is 9.69 Å². The van der Waals surface area contributed by atoms with Gasteiger partial charge in [0.2, 0.25) is 5.88 Å². The van der Waals surface area contributed by atoms with Crippen LogP contribution in [0.15, 0.2) is 48.5 Å². The van der Waals surface area contributed by atoms with Gasteiger partial charge in [-0.1, -0.05) is 19.1 Å². The molecule has 0 amide bonds. The van der Waals surface area contributed by atoms with Gasteiger partial charge in [-0.15, -0.1) is 0 Å². The molecule has 12 heteroatoms. The van der Waals surface area contributed by atoms with Gasteiger partial charge in [0.1, 0.15) is 29.9 Å². The Balaban J connectivity index is 0.00000196. The highest BCUT2D eigenvalue weighted by Gasteiger charge is 2.29. The summed E-state index contributed by atoms with van der Waals surface area (Å²) in [5, 5.41) is 16.0. The third-order valence-electron chi connectivity index (χ3n) is 8.26. The second-order valence-corrected chi connectivity index (χ2v) is 10.9. The van der Waals surface area contributed by atoms with Crippen molar-refractivity contribution in [1.29, 1.82) is 5.26 Å². The number of aldehydes is 1. The van der Waals surface area contributed by atoms with E-state index in [0.717, 1.165) is 63.4 Å². The first-order valence-corrected chi connectivity index (χ1v) is 14.9. The van der Waals surface area contributed by atoms with Crippen molar-refractivity contribution in [1.82, 2.24) is 19.4 Å². The van der Waals surface area contributed by atoms with E-state index in [-0.39, 0.29) is 29.9 Å². The molecule has 4 heterocycles. The number of hydrogen-bond donors (Lipinski definition) is 1. The molecule has 2 atom stereocenters. The van der Waals surface area contributed by atoms with Gasteiger partial charge >= 0.3 is 0 Å². The van der Waals surface area contributed by atoms with Crippen molar-refractivity contribution in [2.75, 3.05) is 38.3 Å². The Morgan fingerprint density at radius 2 is 1.96 bits per heavy atom. The van der Waals surface area contributed by atoms with Crippen LogP contribution in [0.2, 0.25) is 0 Å². The number of pyridine rings is 1. The number of piperazine rings is 1. The fourth-order valence-corrected chi connectivity index (χ4v) is 5.68. The molecule has 4 aromatic rings. The van der Waals surface area contributed by atoms with Crippen molar-refractivity contribution in [2.24, 2.45) is 0 Å². The summed E-state index contributed by atoms with van der Waals surface area (Å²) in [5.74, 6) is 0.940. The molecule has 45 heavy (non-hydrogen) atoms. The maximum atomic E-state index is 14.4. The molecule has 10 nitrogen and oxygen atoms in total. The molecule has 0 radical (unpaired) electrons. The fourth-order valence-electron chi connectivity index (χ4n) is 5.68. The van der Waals surface area contributed by atoms with E-state index < -0.39 is 11.6 Å². The molecule has 0 saturated carbocycles. The summed E-state index contributed by atoms with van der Waals surface area (Å²) in [6.07, 6.45) is 2.47. The average molecular weight is 619 g/mol. The molecule has 0 spiro atoms. The number of halogens is 2. The van der Waals surface area contributed by atoms with Gasteiger partial charge < -0.3 is 24.0 Å². The van der Waals surface area contributed by atoms with Gasteiger partial charge in [-0.05, 0) is 37.1 Å². The fraction of sp³-hybridized carbons (Fsp3) is 0.394. The van der Waals surface area contributed by atoms with Crippen molar-refractivity contribution < 1.29 is 28.2 Å². The second kappa shape index (κ2) is 14.6. The standard InChI is InChI=1S/C32H32F2N6O3.CH4O/c1-2-24-16-39(30-4-3-5-32(37-30)43-20-22-7-6-21(15-35)12-26(22)33)10-9-38(24)18-31-36-28-14-27(34)23(19-41)13-29(28)40(31)17-25-8-11-42-25;1-2/h3-7,12-14,19,24-25H,2,8-11,16-18,20H2,1H3;2H,1H3. The summed E-state index contributed by atoms with van der Waals surface area (Å²) in [4.78, 5) is 25.5. The van der Waals surface area contributed by atoms with Crippen LogP contribution in [0.3, 0.4) is 0 Å². The van der Waals surface area contributed by atoms with Crippen molar-refractivity contribution in [3.05, 3.63) is 82.7 Å². The number of aliphatic hydroxyl groups is 1. The SMILES string of the molecule is CCC1CN(c2cccc(OCc3ccc(C#N)cc3F)n2)CCN1Cc1nc2cc(F)c(C=O)cc2n1CC1CCO1.CO. The molecule has 6 rings (SSSR count). The van der Waals surface area contributed by atoms with Crippen molar-refractivity contribution in [2.45, 2.75) is 51.6 Å². The maximum Gasteiger partial charge on any atom is 0.215 e. The van der Waals surface area contributed by atoms with Gasteiger partial charge in [-0.25, -0.2) is 13.8 Å². The Bertz CT molecular complexity index is 1690. The van der Waals surface area contributed by atoms with Crippen LogP contribution in [0, 0.1) is 23.0 Å². The third kappa shape index (κ3) is 7.12. The van der Waals surface area contributed by atoms with Crippen LogP contribution >= 0.6 is 0 Å². The van der Waals surface area contributed by atoms with Crippen molar-refractivity contribution >= 4 is 23.1 Å². The number of nitriles is 1. The molecular weight excluding hydrogens is 582 g/mol. The Morgan fingerprint density at radius 3 is 2.64 bits per heavy atom. The number of rotatable bonds is 10. The lowest BCUT2D eigenvalue weighted by Crippen LogP contribution is -2.53. The van der Waals surface area contributed by atoms with Crippen LogP contribution in [0.4, 0.5) is 14.6 Å².